The Morgan fingerprint density at radius 3 is 2.36 bits per heavy atom. The summed E-state index contributed by atoms with van der Waals surface area (Å²) in [5.41, 5.74) is 2.99. The van der Waals surface area contributed by atoms with Crippen LogP contribution in [0.5, 0.6) is 0 Å². The van der Waals surface area contributed by atoms with Gasteiger partial charge in [0, 0.05) is 7.05 Å². The van der Waals surface area contributed by atoms with Crippen molar-refractivity contribution < 1.29 is 22.7 Å². The van der Waals surface area contributed by atoms with E-state index in [0.29, 0.717) is 0 Å². The number of halogens is 1. The molecule has 2 heterocycles. The third-order valence-corrected chi connectivity index (χ3v) is 5.49. The Labute approximate surface area is 150 Å². The van der Waals surface area contributed by atoms with Crippen molar-refractivity contribution >= 4 is 33.6 Å². The Kier molecular flexibility index (Phi) is 4.79. The number of hydrogen-bond donors (Lipinski definition) is 2. The van der Waals surface area contributed by atoms with E-state index in [4.69, 9.17) is 22.1 Å². The number of nitrogens with one attached hydrogen (secondary N) is 1. The normalized spacial score (nSPS) is 17.1. The highest BCUT2D eigenvalue weighted by Crippen LogP contribution is 2.27. The fourth-order valence-corrected chi connectivity index (χ4v) is 4.00. The van der Waals surface area contributed by atoms with E-state index in [1.54, 1.807) is 20.8 Å². The predicted molar refractivity (Wildman–Crippen MR) is 88.3 cm³/mol. The molecule has 2 rings (SSSR count). The zero-order chi connectivity index (χ0) is 19.2. The first-order valence-corrected chi connectivity index (χ1v) is 9.12. The zero-order valence-corrected chi connectivity index (χ0v) is 15.8. The molecule has 140 valence electrons. The van der Waals surface area contributed by atoms with Crippen LogP contribution >= 0.6 is 11.6 Å². The van der Waals surface area contributed by atoms with Crippen LogP contribution < -0.4 is 10.5 Å². The molecule has 1 saturated heterocycles. The number of primary amides is 1. The fourth-order valence-electron chi connectivity index (χ4n) is 2.21. The Bertz CT molecular complexity index is 807. The Hall–Kier alpha value is -1.85. The predicted octanol–water partition coefficient (Wildman–Crippen LogP) is -0.173. The standard InChI is InChI=1S/C13H20ClN5O5S/c1-12(2,3)24-11(21)19-5-13(6-19,10(15)20)17-25(22,23)9-8(14)18(4)7-16-9/h7,17H,5-6H2,1-4H3,(H2,15,20). The highest BCUT2D eigenvalue weighted by Gasteiger charge is 2.54. The molecule has 0 spiro atoms. The number of ether oxygens (including phenoxy) is 1. The van der Waals surface area contributed by atoms with Crippen LogP contribution in [0.4, 0.5) is 4.79 Å². The van der Waals surface area contributed by atoms with E-state index < -0.39 is 38.2 Å². The molecule has 1 aromatic rings. The minimum absolute atomic E-state index is 0.115. The number of carbonyl (C=O) groups excluding carboxylic acids is 2. The van der Waals surface area contributed by atoms with Gasteiger partial charge in [-0.05, 0) is 20.8 Å². The maximum absolute atomic E-state index is 12.5. The number of imidazole rings is 1. The monoisotopic (exact) mass is 393 g/mol. The lowest BCUT2D eigenvalue weighted by molar-refractivity contribution is -0.129. The number of nitrogens with zero attached hydrogens (tertiary/aromatic N) is 3. The van der Waals surface area contributed by atoms with Crippen molar-refractivity contribution in [2.45, 2.75) is 36.9 Å². The van der Waals surface area contributed by atoms with Gasteiger partial charge in [0.1, 0.15) is 16.3 Å². The van der Waals surface area contributed by atoms with Crippen molar-refractivity contribution in [3.05, 3.63) is 11.5 Å². The molecule has 12 heteroatoms. The summed E-state index contributed by atoms with van der Waals surface area (Å²) in [7, 11) is -2.69. The van der Waals surface area contributed by atoms with Gasteiger partial charge in [-0.1, -0.05) is 11.6 Å². The molecule has 0 radical (unpaired) electrons. The van der Waals surface area contributed by atoms with E-state index in [-0.39, 0.29) is 18.2 Å². The largest absolute Gasteiger partial charge is 0.444 e. The summed E-state index contributed by atoms with van der Waals surface area (Å²) < 4.78 is 33.6. The van der Waals surface area contributed by atoms with Crippen molar-refractivity contribution in [2.24, 2.45) is 12.8 Å². The number of carbonyl (C=O) groups is 2. The summed E-state index contributed by atoms with van der Waals surface area (Å²) in [6.45, 7) is 4.58. The van der Waals surface area contributed by atoms with Gasteiger partial charge < -0.3 is 19.9 Å². The van der Waals surface area contributed by atoms with Gasteiger partial charge in [0.05, 0.1) is 19.4 Å². The number of aryl methyl sites for hydroxylation is 1. The van der Waals surface area contributed by atoms with Crippen LogP contribution in [0.2, 0.25) is 5.15 Å². The number of sulfonamides is 1. The molecule has 0 aliphatic carbocycles. The average molecular weight is 394 g/mol. The first-order chi connectivity index (χ1) is 11.3. The van der Waals surface area contributed by atoms with Crippen LogP contribution in [0.3, 0.4) is 0 Å². The second-order valence-corrected chi connectivity index (χ2v) is 8.80. The third-order valence-electron chi connectivity index (χ3n) is 3.46. The van der Waals surface area contributed by atoms with Crippen molar-refractivity contribution in [3.8, 4) is 0 Å². The Morgan fingerprint density at radius 1 is 1.40 bits per heavy atom. The molecular weight excluding hydrogens is 374 g/mol. The SMILES string of the molecule is Cn1cnc(S(=O)(=O)NC2(C(N)=O)CN(C(=O)OC(C)(C)C)C2)c1Cl. The van der Waals surface area contributed by atoms with E-state index >= 15 is 0 Å². The summed E-state index contributed by atoms with van der Waals surface area (Å²) >= 11 is 5.90. The second kappa shape index (κ2) is 6.15. The highest BCUT2D eigenvalue weighted by atomic mass is 35.5. The summed E-state index contributed by atoms with van der Waals surface area (Å²) in [5.74, 6) is -0.914. The summed E-state index contributed by atoms with van der Waals surface area (Å²) in [6, 6.07) is 0. The maximum atomic E-state index is 12.5. The van der Waals surface area contributed by atoms with Gasteiger partial charge in [-0.3, -0.25) is 4.79 Å². The number of likely N-dealkylation sites (tertiary alicyclic amines) is 1. The molecule has 1 fully saturated rings. The number of aromatic nitrogens is 2. The topological polar surface area (TPSA) is 137 Å². The molecule has 1 aromatic heterocycles. The molecule has 0 atom stereocenters. The molecule has 1 aliphatic heterocycles. The van der Waals surface area contributed by atoms with E-state index in [2.05, 4.69) is 9.71 Å². The molecule has 25 heavy (non-hydrogen) atoms. The Balaban J connectivity index is 2.17. The van der Waals surface area contributed by atoms with Gasteiger partial charge in [0.15, 0.2) is 0 Å². The molecule has 1 aliphatic rings. The number of rotatable bonds is 4. The van der Waals surface area contributed by atoms with Gasteiger partial charge in [-0.25, -0.2) is 18.2 Å². The van der Waals surface area contributed by atoms with Crippen LogP contribution in [0.15, 0.2) is 11.4 Å². The summed E-state index contributed by atoms with van der Waals surface area (Å²) in [5, 5.41) is -0.538. The van der Waals surface area contributed by atoms with Crippen LogP contribution in [0.25, 0.3) is 0 Å². The van der Waals surface area contributed by atoms with Crippen molar-refractivity contribution in [2.75, 3.05) is 13.1 Å². The van der Waals surface area contributed by atoms with Gasteiger partial charge in [-0.2, -0.15) is 4.72 Å². The van der Waals surface area contributed by atoms with Crippen LogP contribution in [-0.4, -0.2) is 59.1 Å². The number of amides is 2. The fraction of sp³-hybridized carbons (Fsp3) is 0.615. The Morgan fingerprint density at radius 2 is 1.96 bits per heavy atom. The second-order valence-electron chi connectivity index (χ2n) is 6.84. The van der Waals surface area contributed by atoms with Crippen molar-refractivity contribution in [3.63, 3.8) is 0 Å². The van der Waals surface area contributed by atoms with Gasteiger partial charge in [0.25, 0.3) is 10.0 Å². The van der Waals surface area contributed by atoms with E-state index in [0.717, 1.165) is 0 Å². The lowest BCUT2D eigenvalue weighted by atomic mass is 9.91. The number of nitrogens with two attached hydrogens (primary N) is 1. The maximum Gasteiger partial charge on any atom is 0.410 e. The van der Waals surface area contributed by atoms with Crippen molar-refractivity contribution in [1.82, 2.24) is 19.2 Å². The first kappa shape index (κ1) is 19.5. The van der Waals surface area contributed by atoms with Crippen molar-refractivity contribution in [1.29, 1.82) is 0 Å². The molecule has 0 bridgehead atoms. The quantitative estimate of drug-likeness (QED) is 0.728. The van der Waals surface area contributed by atoms with Crippen LogP contribution in [-0.2, 0) is 26.6 Å². The third kappa shape index (κ3) is 3.88. The molecule has 2 amide bonds. The highest BCUT2D eigenvalue weighted by molar-refractivity contribution is 7.89. The summed E-state index contributed by atoms with van der Waals surface area (Å²) in [6.07, 6.45) is 0.557. The van der Waals surface area contributed by atoms with Gasteiger partial charge >= 0.3 is 6.09 Å². The molecule has 0 aromatic carbocycles. The molecular formula is C13H20ClN5O5S. The van der Waals surface area contributed by atoms with Crippen LogP contribution in [0, 0.1) is 0 Å². The first-order valence-electron chi connectivity index (χ1n) is 7.26. The van der Waals surface area contributed by atoms with Gasteiger partial charge in [0.2, 0.25) is 10.9 Å². The number of hydrogen-bond acceptors (Lipinski definition) is 6. The molecule has 3 N–H and O–H groups in total. The average Bonchev–Trinajstić information content (AvgIpc) is 2.72. The minimum atomic E-state index is -4.21. The minimum Gasteiger partial charge on any atom is -0.444 e. The molecule has 0 saturated carbocycles. The van der Waals surface area contributed by atoms with E-state index in [1.807, 2.05) is 0 Å². The van der Waals surface area contributed by atoms with E-state index in [9.17, 15) is 18.0 Å². The lowest BCUT2D eigenvalue weighted by Gasteiger charge is -2.47. The summed E-state index contributed by atoms with van der Waals surface area (Å²) in [4.78, 5) is 28.7. The van der Waals surface area contributed by atoms with Crippen LogP contribution in [0.1, 0.15) is 20.8 Å². The smallest absolute Gasteiger partial charge is 0.410 e. The molecule has 10 nitrogen and oxygen atoms in total. The zero-order valence-electron chi connectivity index (χ0n) is 14.2. The molecule has 0 unspecified atom stereocenters. The van der Waals surface area contributed by atoms with Gasteiger partial charge in [-0.15, -0.1) is 0 Å². The van der Waals surface area contributed by atoms with E-state index in [1.165, 1.54) is 22.8 Å². The lowest BCUT2D eigenvalue weighted by Crippen LogP contribution is -2.76.